The molecule has 0 saturated carbocycles. The Morgan fingerprint density at radius 3 is 3.08 bits per heavy atom. The van der Waals surface area contributed by atoms with Crippen LogP contribution in [0.25, 0.3) is 6.08 Å². The molecule has 0 radical (unpaired) electrons. The Balaban J connectivity index is 2.54. The molecule has 0 saturated heterocycles. The normalized spacial score (nSPS) is 19.5. The molecule has 1 aromatic carbocycles. The Hall–Kier alpha value is -1.44. The van der Waals surface area contributed by atoms with E-state index in [9.17, 15) is 4.91 Å². The molecular formula is C11H11NO. The van der Waals surface area contributed by atoms with Gasteiger partial charge in [-0.1, -0.05) is 36.0 Å². The van der Waals surface area contributed by atoms with Crippen molar-refractivity contribution >= 4 is 6.08 Å². The summed E-state index contributed by atoms with van der Waals surface area (Å²) >= 11 is 0. The first kappa shape index (κ1) is 8.17. The second-order valence-corrected chi connectivity index (χ2v) is 3.28. The second-order valence-electron chi connectivity index (χ2n) is 3.28. The monoisotopic (exact) mass is 173 g/mol. The highest BCUT2D eigenvalue weighted by molar-refractivity contribution is 5.56. The highest BCUT2D eigenvalue weighted by atomic mass is 16.3. The molecule has 0 fully saturated rings. The highest BCUT2D eigenvalue weighted by Gasteiger charge is 2.23. The van der Waals surface area contributed by atoms with E-state index in [0.717, 1.165) is 24.0 Å². The van der Waals surface area contributed by atoms with Crippen molar-refractivity contribution in [3.8, 4) is 0 Å². The van der Waals surface area contributed by atoms with Gasteiger partial charge < -0.3 is 0 Å². The number of hydrogen-bond acceptors (Lipinski definition) is 2. The number of fused-ring (bicyclic) bond motifs is 1. The molecule has 2 rings (SSSR count). The van der Waals surface area contributed by atoms with Gasteiger partial charge in [0.1, 0.15) is 6.04 Å². The van der Waals surface area contributed by atoms with E-state index < -0.39 is 0 Å². The standard InChI is InChI=1S/C11H11NO/c1-2-8-4-3-5-10-9(8)6-7-11(10)12-13/h2-5,11H,1,6-7H2. The number of nitroso groups, excluding NO2 is 1. The maximum absolute atomic E-state index is 10.5. The van der Waals surface area contributed by atoms with Gasteiger partial charge in [0.05, 0.1) is 0 Å². The summed E-state index contributed by atoms with van der Waals surface area (Å²) in [5.74, 6) is 0. The van der Waals surface area contributed by atoms with E-state index in [1.54, 1.807) is 0 Å². The lowest BCUT2D eigenvalue weighted by atomic mass is 10.0. The van der Waals surface area contributed by atoms with Gasteiger partial charge in [0.2, 0.25) is 0 Å². The molecule has 1 aromatic rings. The Labute approximate surface area is 77.3 Å². The van der Waals surface area contributed by atoms with Crippen LogP contribution in [0.3, 0.4) is 0 Å². The average molecular weight is 173 g/mol. The minimum atomic E-state index is -0.130. The van der Waals surface area contributed by atoms with Crippen molar-refractivity contribution < 1.29 is 0 Å². The highest BCUT2D eigenvalue weighted by Crippen LogP contribution is 2.35. The summed E-state index contributed by atoms with van der Waals surface area (Å²) in [5, 5.41) is 3.12. The van der Waals surface area contributed by atoms with Crippen molar-refractivity contribution in [2.45, 2.75) is 18.9 Å². The van der Waals surface area contributed by atoms with Gasteiger partial charge in [-0.3, -0.25) is 0 Å². The summed E-state index contributed by atoms with van der Waals surface area (Å²) in [6.45, 7) is 3.75. The van der Waals surface area contributed by atoms with E-state index >= 15 is 0 Å². The summed E-state index contributed by atoms with van der Waals surface area (Å²) in [7, 11) is 0. The molecule has 0 spiro atoms. The SMILES string of the molecule is C=Cc1cccc2c1CCC2N=O. The summed E-state index contributed by atoms with van der Waals surface area (Å²) in [6, 6.07) is 5.84. The van der Waals surface area contributed by atoms with Gasteiger partial charge >= 0.3 is 0 Å². The van der Waals surface area contributed by atoms with Gasteiger partial charge in [0, 0.05) is 0 Å². The smallest absolute Gasteiger partial charge is 0.117 e. The first-order chi connectivity index (χ1) is 6.36. The predicted molar refractivity (Wildman–Crippen MR) is 53.4 cm³/mol. The third kappa shape index (κ3) is 1.18. The molecule has 0 bridgehead atoms. The van der Waals surface area contributed by atoms with Gasteiger partial charge in [-0.2, -0.15) is 4.91 Å². The van der Waals surface area contributed by atoms with Crippen LogP contribution < -0.4 is 0 Å². The second kappa shape index (κ2) is 3.13. The molecule has 1 unspecified atom stereocenters. The van der Waals surface area contributed by atoms with Crippen LogP contribution in [0.1, 0.15) is 29.2 Å². The molecule has 1 aliphatic carbocycles. The molecule has 0 aliphatic heterocycles. The van der Waals surface area contributed by atoms with Crippen LogP contribution >= 0.6 is 0 Å². The third-order valence-electron chi connectivity index (χ3n) is 2.62. The fourth-order valence-corrected chi connectivity index (χ4v) is 1.96. The van der Waals surface area contributed by atoms with Crippen molar-refractivity contribution in [3.05, 3.63) is 46.4 Å². The summed E-state index contributed by atoms with van der Waals surface area (Å²) < 4.78 is 0. The maximum atomic E-state index is 10.5. The molecule has 2 heteroatoms. The molecule has 0 heterocycles. The van der Waals surface area contributed by atoms with E-state index in [1.807, 2.05) is 24.3 Å². The first-order valence-electron chi connectivity index (χ1n) is 4.43. The molecule has 13 heavy (non-hydrogen) atoms. The minimum Gasteiger partial charge on any atom is -0.150 e. The molecule has 66 valence electrons. The quantitative estimate of drug-likeness (QED) is 0.632. The van der Waals surface area contributed by atoms with Crippen LogP contribution in [0.2, 0.25) is 0 Å². The van der Waals surface area contributed by atoms with E-state index in [0.29, 0.717) is 0 Å². The van der Waals surface area contributed by atoms with E-state index in [-0.39, 0.29) is 6.04 Å². The van der Waals surface area contributed by atoms with E-state index in [4.69, 9.17) is 0 Å². The summed E-state index contributed by atoms with van der Waals surface area (Å²) in [4.78, 5) is 10.5. The van der Waals surface area contributed by atoms with Gasteiger partial charge in [0.25, 0.3) is 0 Å². The Kier molecular flexibility index (Phi) is 1.97. The molecule has 0 N–H and O–H groups in total. The van der Waals surface area contributed by atoms with E-state index in [1.165, 1.54) is 5.56 Å². The largest absolute Gasteiger partial charge is 0.150 e. The fraction of sp³-hybridized carbons (Fsp3) is 0.273. The van der Waals surface area contributed by atoms with Crippen molar-refractivity contribution in [1.29, 1.82) is 0 Å². The summed E-state index contributed by atoms with van der Waals surface area (Å²) in [6.07, 6.45) is 3.64. The van der Waals surface area contributed by atoms with Crippen LogP contribution in [0.5, 0.6) is 0 Å². The number of benzene rings is 1. The van der Waals surface area contributed by atoms with Crippen LogP contribution in [0, 0.1) is 4.91 Å². The van der Waals surface area contributed by atoms with Gasteiger partial charge in [-0.15, -0.1) is 0 Å². The van der Waals surface area contributed by atoms with E-state index in [2.05, 4.69) is 11.8 Å². The van der Waals surface area contributed by atoms with Crippen molar-refractivity contribution in [2.75, 3.05) is 0 Å². The molecule has 1 aliphatic rings. The average Bonchev–Trinajstić information content (AvgIpc) is 2.60. The topological polar surface area (TPSA) is 29.4 Å². The molecule has 0 amide bonds. The minimum absolute atomic E-state index is 0.130. The summed E-state index contributed by atoms with van der Waals surface area (Å²) in [5.41, 5.74) is 3.48. The lowest BCUT2D eigenvalue weighted by molar-refractivity contribution is 0.710. The zero-order valence-corrected chi connectivity index (χ0v) is 7.36. The van der Waals surface area contributed by atoms with Crippen LogP contribution in [-0.4, -0.2) is 0 Å². The van der Waals surface area contributed by atoms with Crippen molar-refractivity contribution in [1.82, 2.24) is 0 Å². The number of rotatable bonds is 2. The van der Waals surface area contributed by atoms with Gasteiger partial charge in [-0.25, -0.2) is 0 Å². The zero-order valence-electron chi connectivity index (χ0n) is 7.36. The lowest BCUT2D eigenvalue weighted by Gasteiger charge is -2.04. The first-order valence-corrected chi connectivity index (χ1v) is 4.43. The van der Waals surface area contributed by atoms with Gasteiger partial charge in [0.15, 0.2) is 0 Å². The van der Waals surface area contributed by atoms with Crippen LogP contribution in [0.4, 0.5) is 0 Å². The maximum Gasteiger partial charge on any atom is 0.117 e. The van der Waals surface area contributed by atoms with Crippen molar-refractivity contribution in [2.24, 2.45) is 5.18 Å². The number of hydrogen-bond donors (Lipinski definition) is 0. The van der Waals surface area contributed by atoms with Gasteiger partial charge in [-0.05, 0) is 29.5 Å². The fourth-order valence-electron chi connectivity index (χ4n) is 1.96. The Morgan fingerprint density at radius 2 is 2.38 bits per heavy atom. The predicted octanol–water partition coefficient (Wildman–Crippen LogP) is 3.08. The molecule has 0 aromatic heterocycles. The number of nitrogens with zero attached hydrogens (tertiary/aromatic N) is 1. The van der Waals surface area contributed by atoms with Crippen LogP contribution in [-0.2, 0) is 6.42 Å². The Morgan fingerprint density at radius 1 is 1.54 bits per heavy atom. The molecule has 2 nitrogen and oxygen atoms in total. The van der Waals surface area contributed by atoms with Crippen LogP contribution in [0.15, 0.2) is 30.0 Å². The van der Waals surface area contributed by atoms with Crippen molar-refractivity contribution in [3.63, 3.8) is 0 Å². The lowest BCUT2D eigenvalue weighted by Crippen LogP contribution is -1.88. The zero-order chi connectivity index (χ0) is 9.26. The molecule has 1 atom stereocenters. The Bertz CT molecular complexity index is 357. The molecular weight excluding hydrogens is 162 g/mol. The third-order valence-corrected chi connectivity index (χ3v) is 2.62.